The van der Waals surface area contributed by atoms with E-state index in [0.29, 0.717) is 13.1 Å². The fourth-order valence-electron chi connectivity index (χ4n) is 3.57. The quantitative estimate of drug-likeness (QED) is 0.852. The first-order valence-electron chi connectivity index (χ1n) is 9.23. The van der Waals surface area contributed by atoms with Crippen molar-refractivity contribution in [2.75, 3.05) is 27.2 Å². The maximum atomic E-state index is 12.9. The Morgan fingerprint density at radius 3 is 2.48 bits per heavy atom. The molecule has 1 unspecified atom stereocenters. The summed E-state index contributed by atoms with van der Waals surface area (Å²) in [6, 6.07) is 13.2. The molecular weight excluding hydrogens is 340 g/mol. The van der Waals surface area contributed by atoms with Gasteiger partial charge < -0.3 is 14.9 Å². The number of ketones is 1. The summed E-state index contributed by atoms with van der Waals surface area (Å²) in [6.45, 7) is 4.65. The van der Waals surface area contributed by atoms with E-state index >= 15 is 0 Å². The highest BCUT2D eigenvalue weighted by Gasteiger charge is 2.44. The van der Waals surface area contributed by atoms with E-state index in [4.69, 9.17) is 0 Å². The van der Waals surface area contributed by atoms with E-state index in [0.717, 1.165) is 16.3 Å². The number of aliphatic hydroxyl groups excluding tert-OH is 1. The third kappa shape index (κ3) is 3.47. The van der Waals surface area contributed by atoms with Crippen LogP contribution in [0.15, 0.2) is 53.8 Å². The van der Waals surface area contributed by atoms with E-state index in [2.05, 4.69) is 0 Å². The van der Waals surface area contributed by atoms with E-state index in [1.54, 1.807) is 18.7 Å². The first-order chi connectivity index (χ1) is 12.8. The Balaban J connectivity index is 2.18. The zero-order chi connectivity index (χ0) is 19.7. The number of benzene rings is 2. The largest absolute Gasteiger partial charge is 0.503 e. The molecule has 5 nitrogen and oxygen atoms in total. The van der Waals surface area contributed by atoms with Gasteiger partial charge in [0.05, 0.1) is 11.6 Å². The summed E-state index contributed by atoms with van der Waals surface area (Å²) >= 11 is 0. The Morgan fingerprint density at radius 2 is 1.81 bits per heavy atom. The van der Waals surface area contributed by atoms with Crippen LogP contribution in [0.25, 0.3) is 10.8 Å². The molecule has 142 valence electrons. The average molecular weight is 366 g/mol. The maximum absolute atomic E-state index is 12.9. The highest BCUT2D eigenvalue weighted by Crippen LogP contribution is 2.41. The van der Waals surface area contributed by atoms with Gasteiger partial charge in [0.2, 0.25) is 0 Å². The summed E-state index contributed by atoms with van der Waals surface area (Å²) in [7, 11) is 3.86. The molecule has 0 saturated carbocycles. The third-order valence-corrected chi connectivity index (χ3v) is 5.00. The molecule has 1 heterocycles. The first kappa shape index (κ1) is 19.1. The monoisotopic (exact) mass is 366 g/mol. The van der Waals surface area contributed by atoms with E-state index in [1.165, 1.54) is 0 Å². The predicted octanol–water partition coefficient (Wildman–Crippen LogP) is 3.32. The van der Waals surface area contributed by atoms with E-state index in [-0.39, 0.29) is 17.3 Å². The highest BCUT2D eigenvalue weighted by molar-refractivity contribution is 6.10. The van der Waals surface area contributed by atoms with Crippen LogP contribution in [-0.2, 0) is 9.59 Å². The van der Waals surface area contributed by atoms with Gasteiger partial charge in [-0.25, -0.2) is 0 Å². The van der Waals surface area contributed by atoms with Crippen molar-refractivity contribution in [1.82, 2.24) is 9.80 Å². The van der Waals surface area contributed by atoms with Crippen molar-refractivity contribution in [2.45, 2.75) is 19.9 Å². The zero-order valence-electron chi connectivity index (χ0n) is 16.3. The number of hydrogen-bond acceptors (Lipinski definition) is 4. The number of carbonyl (C=O) groups excluding carboxylic acids is 2. The number of carbonyl (C=O) groups is 2. The summed E-state index contributed by atoms with van der Waals surface area (Å²) in [5.41, 5.74) is 1.08. The van der Waals surface area contributed by atoms with Gasteiger partial charge in [0, 0.05) is 19.0 Å². The fraction of sp³-hybridized carbons (Fsp3) is 0.364. The molecule has 3 rings (SSSR count). The molecular formula is C22H26N2O3. The van der Waals surface area contributed by atoms with Gasteiger partial charge in [-0.15, -0.1) is 0 Å². The van der Waals surface area contributed by atoms with Gasteiger partial charge >= 0.3 is 0 Å². The standard InChI is InChI=1S/C22H26N2O3/c1-14(2)20(25)18-19(24(13-12-23(3)4)22(27)21(18)26)17-11-7-9-15-8-5-6-10-16(15)17/h5-11,14,19,26H,12-13H2,1-4H3. The number of rotatable bonds is 6. The normalized spacial score (nSPS) is 17.6. The van der Waals surface area contributed by atoms with Crippen LogP contribution in [0.2, 0.25) is 0 Å². The molecule has 1 atom stereocenters. The lowest BCUT2D eigenvalue weighted by Crippen LogP contribution is -2.37. The number of amides is 1. The van der Waals surface area contributed by atoms with Crippen molar-refractivity contribution in [3.8, 4) is 0 Å². The molecule has 1 N–H and O–H groups in total. The van der Waals surface area contributed by atoms with Crippen molar-refractivity contribution < 1.29 is 14.7 Å². The van der Waals surface area contributed by atoms with Gasteiger partial charge in [0.15, 0.2) is 11.5 Å². The van der Waals surface area contributed by atoms with Crippen LogP contribution in [0, 0.1) is 5.92 Å². The number of likely N-dealkylation sites (N-methyl/N-ethyl adjacent to an activating group) is 1. The van der Waals surface area contributed by atoms with Crippen LogP contribution in [0.1, 0.15) is 25.5 Å². The van der Waals surface area contributed by atoms with Crippen LogP contribution in [0.5, 0.6) is 0 Å². The molecule has 0 saturated heterocycles. The van der Waals surface area contributed by atoms with Crippen molar-refractivity contribution in [1.29, 1.82) is 0 Å². The number of hydrogen-bond donors (Lipinski definition) is 1. The van der Waals surface area contributed by atoms with Crippen molar-refractivity contribution in [3.63, 3.8) is 0 Å². The molecule has 5 heteroatoms. The predicted molar refractivity (Wildman–Crippen MR) is 106 cm³/mol. The molecule has 1 aliphatic heterocycles. The molecule has 0 fully saturated rings. The van der Waals surface area contributed by atoms with Crippen molar-refractivity contribution >= 4 is 22.5 Å². The lowest BCUT2D eigenvalue weighted by atomic mass is 9.89. The lowest BCUT2D eigenvalue weighted by Gasteiger charge is -2.29. The molecule has 27 heavy (non-hydrogen) atoms. The molecule has 0 spiro atoms. The van der Waals surface area contributed by atoms with Gasteiger partial charge in [-0.3, -0.25) is 9.59 Å². The fourth-order valence-corrected chi connectivity index (χ4v) is 3.57. The second-order valence-corrected chi connectivity index (χ2v) is 7.55. The minimum Gasteiger partial charge on any atom is -0.503 e. The average Bonchev–Trinajstić information content (AvgIpc) is 2.89. The van der Waals surface area contributed by atoms with E-state index in [9.17, 15) is 14.7 Å². The zero-order valence-corrected chi connectivity index (χ0v) is 16.3. The van der Waals surface area contributed by atoms with Gasteiger partial charge in [0.25, 0.3) is 5.91 Å². The molecule has 0 bridgehead atoms. The second-order valence-electron chi connectivity index (χ2n) is 7.55. The Morgan fingerprint density at radius 1 is 1.15 bits per heavy atom. The van der Waals surface area contributed by atoms with Crippen molar-refractivity contribution in [2.24, 2.45) is 5.92 Å². The van der Waals surface area contributed by atoms with Gasteiger partial charge in [-0.1, -0.05) is 56.3 Å². The number of fused-ring (bicyclic) bond motifs is 1. The minimum atomic E-state index is -0.571. The summed E-state index contributed by atoms with van der Waals surface area (Å²) in [6.07, 6.45) is 0. The van der Waals surface area contributed by atoms with E-state index in [1.807, 2.05) is 61.5 Å². The number of aliphatic hydroxyl groups is 1. The molecule has 1 amide bonds. The van der Waals surface area contributed by atoms with Crippen LogP contribution in [0.3, 0.4) is 0 Å². The molecule has 0 aliphatic carbocycles. The molecule has 0 aromatic heterocycles. The smallest absolute Gasteiger partial charge is 0.290 e. The van der Waals surface area contributed by atoms with Crippen LogP contribution in [-0.4, -0.2) is 53.8 Å². The number of Topliss-reactive ketones (excluding diaryl/α,β-unsaturated/α-hetero) is 1. The summed E-state index contributed by atoms with van der Waals surface area (Å²) in [5, 5.41) is 12.6. The summed E-state index contributed by atoms with van der Waals surface area (Å²) < 4.78 is 0. The van der Waals surface area contributed by atoms with Crippen molar-refractivity contribution in [3.05, 3.63) is 59.4 Å². The molecule has 1 aliphatic rings. The summed E-state index contributed by atoms with van der Waals surface area (Å²) in [4.78, 5) is 29.3. The minimum absolute atomic E-state index is 0.189. The lowest BCUT2D eigenvalue weighted by molar-refractivity contribution is -0.129. The van der Waals surface area contributed by atoms with Crippen LogP contribution >= 0.6 is 0 Å². The topological polar surface area (TPSA) is 60.9 Å². The van der Waals surface area contributed by atoms with Gasteiger partial charge in [0.1, 0.15) is 0 Å². The SMILES string of the molecule is CC(C)C(=O)C1=C(O)C(=O)N(CCN(C)C)C1c1cccc2ccccc12. The molecule has 2 aromatic carbocycles. The van der Waals surface area contributed by atoms with Crippen LogP contribution < -0.4 is 0 Å². The van der Waals surface area contributed by atoms with Crippen LogP contribution in [0.4, 0.5) is 0 Å². The highest BCUT2D eigenvalue weighted by atomic mass is 16.3. The Kier molecular flexibility index (Phi) is 5.33. The molecule has 0 radical (unpaired) electrons. The number of nitrogens with zero attached hydrogens (tertiary/aromatic N) is 2. The Hall–Kier alpha value is -2.66. The van der Waals surface area contributed by atoms with Gasteiger partial charge in [-0.05, 0) is 30.4 Å². The second kappa shape index (κ2) is 7.53. The summed E-state index contributed by atoms with van der Waals surface area (Å²) in [5.74, 6) is -1.38. The maximum Gasteiger partial charge on any atom is 0.290 e. The van der Waals surface area contributed by atoms with Gasteiger partial charge in [-0.2, -0.15) is 0 Å². The first-order valence-corrected chi connectivity index (χ1v) is 9.23. The Labute approximate surface area is 159 Å². The Bertz CT molecular complexity index is 909. The van der Waals surface area contributed by atoms with E-state index < -0.39 is 17.7 Å². The third-order valence-electron chi connectivity index (χ3n) is 5.00. The molecule has 2 aromatic rings.